The maximum absolute atomic E-state index is 6.50. The fourth-order valence-corrected chi connectivity index (χ4v) is 5.74. The van der Waals surface area contributed by atoms with Gasteiger partial charge in [-0.15, -0.1) is 0 Å². The van der Waals surface area contributed by atoms with E-state index in [1.807, 2.05) is 36.4 Å². The van der Waals surface area contributed by atoms with Gasteiger partial charge in [-0.25, -0.2) is 0 Å². The third kappa shape index (κ3) is 3.75. The molecule has 0 aliphatic heterocycles. The Morgan fingerprint density at radius 1 is 0.590 bits per heavy atom. The van der Waals surface area contributed by atoms with Gasteiger partial charge in [-0.1, -0.05) is 103 Å². The van der Waals surface area contributed by atoms with Crippen LogP contribution in [0.2, 0.25) is 0 Å². The van der Waals surface area contributed by atoms with Crippen molar-refractivity contribution in [3.63, 3.8) is 0 Å². The minimum absolute atomic E-state index is 0.754. The maximum Gasteiger partial charge on any atom is 0.0547 e. The van der Waals surface area contributed by atoms with E-state index in [1.165, 1.54) is 32.6 Å². The van der Waals surface area contributed by atoms with E-state index in [9.17, 15) is 0 Å². The summed E-state index contributed by atoms with van der Waals surface area (Å²) in [5.41, 5.74) is 22.1. The standard InChI is InChI=1S/C36H27N3/c37-23-26(24-10-2-1-3-11-24)19-18-25-21-35-27(20-32(25)29-13-6-8-16-33(29)38)22-36-31-15-5-4-12-28(31)30-14-7-9-17-34(30)39(35)36/h1-23H,37-38H2/b19-18?,26-23+. The molecule has 186 valence electrons. The zero-order valence-corrected chi connectivity index (χ0v) is 21.4. The van der Waals surface area contributed by atoms with Crippen LogP contribution in [-0.2, 0) is 0 Å². The molecule has 2 aromatic heterocycles. The van der Waals surface area contributed by atoms with Crippen LogP contribution in [0.4, 0.5) is 5.69 Å². The van der Waals surface area contributed by atoms with Gasteiger partial charge in [0.2, 0.25) is 0 Å². The van der Waals surface area contributed by atoms with Crippen molar-refractivity contribution in [2.75, 3.05) is 5.73 Å². The average Bonchev–Trinajstić information content (AvgIpc) is 3.37. The van der Waals surface area contributed by atoms with E-state index < -0.39 is 0 Å². The maximum atomic E-state index is 6.50. The number of rotatable bonds is 4. The number of allylic oxidation sites excluding steroid dienone is 2. The Labute approximate surface area is 226 Å². The molecule has 3 heteroatoms. The summed E-state index contributed by atoms with van der Waals surface area (Å²) in [6, 6.07) is 42.4. The topological polar surface area (TPSA) is 56.5 Å². The summed E-state index contributed by atoms with van der Waals surface area (Å²) in [5.74, 6) is 0. The molecule has 0 fully saturated rings. The second-order valence-electron chi connectivity index (χ2n) is 9.83. The lowest BCUT2D eigenvalue weighted by atomic mass is 9.95. The molecule has 7 aromatic rings. The number of hydrogen-bond donors (Lipinski definition) is 2. The van der Waals surface area contributed by atoms with E-state index in [-0.39, 0.29) is 0 Å². The van der Waals surface area contributed by atoms with Gasteiger partial charge in [0.1, 0.15) is 0 Å². The van der Waals surface area contributed by atoms with Crippen LogP contribution in [0.3, 0.4) is 0 Å². The molecule has 0 bridgehead atoms. The smallest absolute Gasteiger partial charge is 0.0547 e. The molecule has 0 radical (unpaired) electrons. The van der Waals surface area contributed by atoms with Crippen LogP contribution in [0.5, 0.6) is 0 Å². The number of anilines is 1. The van der Waals surface area contributed by atoms with Crippen molar-refractivity contribution in [1.29, 1.82) is 0 Å². The van der Waals surface area contributed by atoms with Crippen LogP contribution in [0.25, 0.3) is 60.9 Å². The predicted octanol–water partition coefficient (Wildman–Crippen LogP) is 8.66. The number of para-hydroxylation sites is 2. The molecule has 39 heavy (non-hydrogen) atoms. The molecular formula is C36H27N3. The van der Waals surface area contributed by atoms with Gasteiger partial charge in [0.25, 0.3) is 0 Å². The van der Waals surface area contributed by atoms with E-state index in [0.29, 0.717) is 0 Å². The van der Waals surface area contributed by atoms with E-state index in [4.69, 9.17) is 11.5 Å². The van der Waals surface area contributed by atoms with E-state index in [1.54, 1.807) is 6.20 Å². The Morgan fingerprint density at radius 3 is 2.03 bits per heavy atom. The Kier molecular flexibility index (Phi) is 5.42. The van der Waals surface area contributed by atoms with Crippen LogP contribution in [-0.4, -0.2) is 4.40 Å². The lowest BCUT2D eigenvalue weighted by Gasteiger charge is -2.12. The van der Waals surface area contributed by atoms with Crippen molar-refractivity contribution in [2.45, 2.75) is 0 Å². The molecule has 0 saturated carbocycles. The first-order valence-electron chi connectivity index (χ1n) is 13.1. The molecule has 0 amide bonds. The summed E-state index contributed by atoms with van der Waals surface area (Å²) < 4.78 is 2.39. The SMILES string of the molecule is N/C=C(\C=Cc1cc2c(cc1-c1ccccc1N)cc1c3ccccc3c3ccccc3n21)c1ccccc1. The molecule has 5 aromatic carbocycles. The third-order valence-electron chi connectivity index (χ3n) is 7.59. The first kappa shape index (κ1) is 22.9. The summed E-state index contributed by atoms with van der Waals surface area (Å²) in [5, 5.41) is 4.91. The number of nitrogens with zero attached hydrogens (tertiary/aromatic N) is 1. The fraction of sp³-hybridized carbons (Fsp3) is 0. The van der Waals surface area contributed by atoms with Gasteiger partial charge in [-0.3, -0.25) is 0 Å². The highest BCUT2D eigenvalue weighted by Crippen LogP contribution is 2.38. The first-order valence-corrected chi connectivity index (χ1v) is 13.1. The van der Waals surface area contributed by atoms with E-state index >= 15 is 0 Å². The van der Waals surface area contributed by atoms with Crippen molar-refractivity contribution in [3.05, 3.63) is 145 Å². The van der Waals surface area contributed by atoms with Crippen LogP contribution < -0.4 is 11.5 Å². The zero-order chi connectivity index (χ0) is 26.3. The molecule has 3 nitrogen and oxygen atoms in total. The van der Waals surface area contributed by atoms with Crippen LogP contribution >= 0.6 is 0 Å². The molecule has 0 aliphatic carbocycles. The minimum Gasteiger partial charge on any atom is -0.404 e. The lowest BCUT2D eigenvalue weighted by Crippen LogP contribution is -1.94. The second kappa shape index (κ2) is 9.23. The Balaban J connectivity index is 1.55. The Morgan fingerprint density at radius 2 is 1.26 bits per heavy atom. The van der Waals surface area contributed by atoms with Crippen molar-refractivity contribution >= 4 is 55.4 Å². The van der Waals surface area contributed by atoms with Gasteiger partial charge in [0.05, 0.1) is 16.6 Å². The zero-order valence-electron chi connectivity index (χ0n) is 21.4. The highest BCUT2D eigenvalue weighted by atomic mass is 14.9. The lowest BCUT2D eigenvalue weighted by molar-refractivity contribution is 1.34. The summed E-state index contributed by atoms with van der Waals surface area (Å²) in [6.07, 6.45) is 5.89. The molecule has 0 spiro atoms. The van der Waals surface area contributed by atoms with Gasteiger partial charge in [-0.05, 0) is 58.0 Å². The van der Waals surface area contributed by atoms with Crippen molar-refractivity contribution in [2.24, 2.45) is 5.73 Å². The number of pyridine rings is 1. The minimum atomic E-state index is 0.754. The van der Waals surface area contributed by atoms with Crippen molar-refractivity contribution in [3.8, 4) is 11.1 Å². The van der Waals surface area contributed by atoms with E-state index in [0.717, 1.165) is 39.0 Å². The molecule has 4 N–H and O–H groups in total. The molecule has 0 aliphatic rings. The van der Waals surface area contributed by atoms with Crippen LogP contribution in [0, 0.1) is 0 Å². The molecule has 0 saturated heterocycles. The van der Waals surface area contributed by atoms with Crippen LogP contribution in [0.15, 0.2) is 134 Å². The van der Waals surface area contributed by atoms with Gasteiger partial charge in [0, 0.05) is 33.6 Å². The van der Waals surface area contributed by atoms with Crippen LogP contribution in [0.1, 0.15) is 11.1 Å². The molecule has 2 heterocycles. The average molecular weight is 502 g/mol. The Hall–Kier alpha value is -5.28. The largest absolute Gasteiger partial charge is 0.404 e. The quantitative estimate of drug-likeness (QED) is 0.144. The second-order valence-corrected chi connectivity index (χ2v) is 9.83. The fourth-order valence-electron chi connectivity index (χ4n) is 5.74. The molecule has 0 unspecified atom stereocenters. The summed E-state index contributed by atoms with van der Waals surface area (Å²) in [6.45, 7) is 0. The predicted molar refractivity (Wildman–Crippen MR) is 167 cm³/mol. The number of nitrogen functional groups attached to an aromatic ring is 1. The number of fused-ring (bicyclic) bond motifs is 8. The van der Waals surface area contributed by atoms with Gasteiger partial charge < -0.3 is 15.9 Å². The third-order valence-corrected chi connectivity index (χ3v) is 7.59. The molecule has 0 atom stereocenters. The van der Waals surface area contributed by atoms with Gasteiger partial charge in [0.15, 0.2) is 0 Å². The highest BCUT2D eigenvalue weighted by molar-refractivity contribution is 6.16. The highest BCUT2D eigenvalue weighted by Gasteiger charge is 2.15. The number of benzene rings is 5. The van der Waals surface area contributed by atoms with Crippen molar-refractivity contribution < 1.29 is 0 Å². The Bertz CT molecular complexity index is 2080. The summed E-state index contributed by atoms with van der Waals surface area (Å²) >= 11 is 0. The number of aromatic nitrogens is 1. The monoisotopic (exact) mass is 501 g/mol. The first-order chi connectivity index (χ1) is 19.2. The molecular weight excluding hydrogens is 474 g/mol. The van der Waals surface area contributed by atoms with Gasteiger partial charge in [-0.2, -0.15) is 0 Å². The number of hydrogen-bond acceptors (Lipinski definition) is 2. The van der Waals surface area contributed by atoms with Crippen molar-refractivity contribution in [1.82, 2.24) is 4.40 Å². The van der Waals surface area contributed by atoms with E-state index in [2.05, 4.69) is 101 Å². The summed E-state index contributed by atoms with van der Waals surface area (Å²) in [7, 11) is 0. The molecule has 7 rings (SSSR count). The number of nitrogens with two attached hydrogens (primary N) is 2. The van der Waals surface area contributed by atoms with Gasteiger partial charge >= 0.3 is 0 Å². The normalized spacial score (nSPS) is 12.4. The summed E-state index contributed by atoms with van der Waals surface area (Å²) in [4.78, 5) is 0.